The van der Waals surface area contributed by atoms with Crippen LogP contribution in [0.1, 0.15) is 80.0 Å². The normalized spacial score (nSPS) is 25.4. The van der Waals surface area contributed by atoms with E-state index in [1.165, 1.54) is 7.11 Å². The highest BCUT2D eigenvalue weighted by molar-refractivity contribution is 6.06. The van der Waals surface area contributed by atoms with Crippen LogP contribution in [-0.4, -0.2) is 40.0 Å². The third-order valence-electron chi connectivity index (χ3n) is 9.54. The van der Waals surface area contributed by atoms with Crippen molar-refractivity contribution in [3.05, 3.63) is 83.0 Å². The standard InChI is InChI=1S/C38H44N2O5/c1-3-4-8-24-17-26(18-25-15-16-40-36(39)21-25)19-28-11-13-30(27-9-6-5-7-10-27)31-23-34(42)35(45-2)22-29(31)12-14-33(41)38(44)37(43)32(28)20-24/h5-7,9-10,15-16,21-24,26,28,30,32,38,42,44H,3-4,8,12,14,17-20H2,1-2H3,(H2,39,40)/t24-,26+,28-,30-,32+,38+/m1/s1. The number of nitrogens with two attached hydrogens (primary N) is 1. The zero-order valence-electron chi connectivity index (χ0n) is 26.2. The van der Waals surface area contributed by atoms with Crippen molar-refractivity contribution in [3.63, 3.8) is 0 Å². The van der Waals surface area contributed by atoms with Crippen LogP contribution in [-0.2, 0) is 22.4 Å². The van der Waals surface area contributed by atoms with Gasteiger partial charge in [0.2, 0.25) is 0 Å². The van der Waals surface area contributed by atoms with E-state index >= 15 is 0 Å². The number of hydrogen-bond donors (Lipinski definition) is 3. The SMILES string of the molecule is CCCC[C@@H]1C[C@@H](Cc2ccnc(N)c2)C[C@H]2C#C[C@H](c3ccccc3)c3cc(O)c(OC)cc3CCC(=O)[C@H](O)C(=O)[C@H]2C1. The summed E-state index contributed by atoms with van der Waals surface area (Å²) in [5.41, 5.74) is 9.64. The number of pyridine rings is 1. The number of benzene rings is 2. The molecule has 0 aliphatic heterocycles. The predicted octanol–water partition coefficient (Wildman–Crippen LogP) is 6.04. The van der Waals surface area contributed by atoms with Crippen LogP contribution in [0, 0.1) is 35.5 Å². The molecular formula is C38H44N2O5. The van der Waals surface area contributed by atoms with E-state index < -0.39 is 29.5 Å². The molecule has 6 atom stereocenters. The molecule has 0 amide bonds. The highest BCUT2D eigenvalue weighted by Crippen LogP contribution is 2.41. The Balaban J connectivity index is 1.63. The van der Waals surface area contributed by atoms with Gasteiger partial charge in [-0.1, -0.05) is 68.4 Å². The van der Waals surface area contributed by atoms with Gasteiger partial charge >= 0.3 is 0 Å². The number of phenols is 1. The van der Waals surface area contributed by atoms with E-state index in [1.54, 1.807) is 18.3 Å². The van der Waals surface area contributed by atoms with Crippen LogP contribution in [0.3, 0.4) is 0 Å². The zero-order chi connectivity index (χ0) is 31.9. The summed E-state index contributed by atoms with van der Waals surface area (Å²) in [6.45, 7) is 2.17. The summed E-state index contributed by atoms with van der Waals surface area (Å²) in [6, 6.07) is 17.2. The Bertz CT molecular complexity index is 1560. The number of Topliss-reactive ketones (excluding diaryl/α,β-unsaturated/α-hetero) is 2. The first-order valence-electron chi connectivity index (χ1n) is 16.2. The Labute approximate surface area is 266 Å². The number of nitrogen functional groups attached to an aromatic ring is 1. The van der Waals surface area contributed by atoms with Crippen LogP contribution in [0.25, 0.3) is 0 Å². The van der Waals surface area contributed by atoms with Gasteiger partial charge in [0, 0.05) is 24.5 Å². The largest absolute Gasteiger partial charge is 0.504 e. The number of unbranched alkanes of at least 4 members (excludes halogenated alkanes) is 1. The zero-order valence-corrected chi connectivity index (χ0v) is 26.2. The average molecular weight is 609 g/mol. The minimum Gasteiger partial charge on any atom is -0.504 e. The third-order valence-corrected chi connectivity index (χ3v) is 9.54. The second-order valence-electron chi connectivity index (χ2n) is 12.7. The summed E-state index contributed by atoms with van der Waals surface area (Å²) >= 11 is 0. The number of carbonyl (C=O) groups is 2. The minimum absolute atomic E-state index is 0.00425. The third kappa shape index (κ3) is 7.75. The molecule has 7 nitrogen and oxygen atoms in total. The number of aromatic nitrogens is 1. The molecule has 3 aromatic rings. The molecule has 45 heavy (non-hydrogen) atoms. The minimum atomic E-state index is -1.69. The van der Waals surface area contributed by atoms with Crippen LogP contribution in [0.2, 0.25) is 0 Å². The molecule has 7 heteroatoms. The van der Waals surface area contributed by atoms with Gasteiger partial charge in [-0.25, -0.2) is 4.98 Å². The van der Waals surface area contributed by atoms with E-state index in [0.29, 0.717) is 24.4 Å². The van der Waals surface area contributed by atoms with E-state index in [-0.39, 0.29) is 36.3 Å². The van der Waals surface area contributed by atoms with Gasteiger partial charge < -0.3 is 20.7 Å². The molecule has 236 valence electrons. The smallest absolute Gasteiger partial charge is 0.173 e. The monoisotopic (exact) mass is 608 g/mol. The second-order valence-corrected chi connectivity index (χ2v) is 12.7. The lowest BCUT2D eigenvalue weighted by Crippen LogP contribution is -2.38. The van der Waals surface area contributed by atoms with Gasteiger partial charge in [0.05, 0.1) is 13.0 Å². The first-order valence-corrected chi connectivity index (χ1v) is 16.2. The number of aryl methyl sites for hydroxylation is 1. The van der Waals surface area contributed by atoms with E-state index in [0.717, 1.165) is 54.4 Å². The first kappa shape index (κ1) is 32.2. The molecule has 4 N–H and O–H groups in total. The van der Waals surface area contributed by atoms with Crippen LogP contribution in [0.4, 0.5) is 5.82 Å². The molecule has 1 heterocycles. The molecule has 0 unspecified atom stereocenters. The molecular weight excluding hydrogens is 564 g/mol. The number of anilines is 1. The van der Waals surface area contributed by atoms with Crippen molar-refractivity contribution >= 4 is 17.4 Å². The number of aliphatic hydroxyl groups is 1. The van der Waals surface area contributed by atoms with Crippen molar-refractivity contribution in [2.45, 2.75) is 76.7 Å². The van der Waals surface area contributed by atoms with Crippen molar-refractivity contribution in [1.29, 1.82) is 0 Å². The summed E-state index contributed by atoms with van der Waals surface area (Å²) < 4.78 is 5.39. The fourth-order valence-electron chi connectivity index (χ4n) is 7.24. The summed E-state index contributed by atoms with van der Waals surface area (Å²) in [7, 11) is 1.48. The number of aromatic hydroxyl groups is 1. The summed E-state index contributed by atoms with van der Waals surface area (Å²) in [5.74, 6) is 6.19. The Kier molecular flexibility index (Phi) is 10.6. The molecule has 2 aliphatic carbocycles. The van der Waals surface area contributed by atoms with E-state index in [2.05, 4.69) is 23.7 Å². The van der Waals surface area contributed by atoms with E-state index in [4.69, 9.17) is 10.5 Å². The maximum atomic E-state index is 14.0. The fraction of sp³-hybridized carbons (Fsp3) is 0.447. The molecule has 1 fully saturated rings. The van der Waals surface area contributed by atoms with Gasteiger partial charge in [-0.3, -0.25) is 9.59 Å². The number of ether oxygens (including phenoxy) is 1. The summed E-state index contributed by atoms with van der Waals surface area (Å²) in [6.07, 6.45) is 6.40. The number of methoxy groups -OCH3 is 1. The number of hydrogen-bond acceptors (Lipinski definition) is 7. The Hall–Kier alpha value is -4.15. The summed E-state index contributed by atoms with van der Waals surface area (Å²) in [5, 5.41) is 22.0. The molecule has 0 bridgehead atoms. The topological polar surface area (TPSA) is 123 Å². The van der Waals surface area contributed by atoms with Gasteiger partial charge in [-0.15, -0.1) is 0 Å². The van der Waals surface area contributed by atoms with Gasteiger partial charge in [-0.05, 0) is 90.5 Å². The van der Waals surface area contributed by atoms with Crippen LogP contribution >= 0.6 is 0 Å². The predicted molar refractivity (Wildman–Crippen MR) is 175 cm³/mol. The Morgan fingerprint density at radius 3 is 2.53 bits per heavy atom. The van der Waals surface area contributed by atoms with E-state index in [9.17, 15) is 19.8 Å². The highest BCUT2D eigenvalue weighted by atomic mass is 16.5. The maximum absolute atomic E-state index is 14.0. The fourth-order valence-corrected chi connectivity index (χ4v) is 7.24. The van der Waals surface area contributed by atoms with Gasteiger partial charge in [0.15, 0.2) is 29.2 Å². The number of carbonyl (C=O) groups excluding carboxylic acids is 2. The van der Waals surface area contributed by atoms with Gasteiger partial charge in [-0.2, -0.15) is 0 Å². The van der Waals surface area contributed by atoms with Gasteiger partial charge in [0.1, 0.15) is 5.82 Å². The number of phenolic OH excluding ortho intramolecular Hbond substituents is 1. The number of nitrogens with zero attached hydrogens (tertiary/aromatic N) is 1. The molecule has 0 saturated heterocycles. The molecule has 1 aromatic heterocycles. The average Bonchev–Trinajstić information content (AvgIpc) is 3.21. The first-order chi connectivity index (χ1) is 21.8. The quantitative estimate of drug-likeness (QED) is 0.221. The summed E-state index contributed by atoms with van der Waals surface area (Å²) in [4.78, 5) is 31.5. The van der Waals surface area contributed by atoms with Crippen LogP contribution in [0.15, 0.2) is 60.8 Å². The molecule has 2 aromatic carbocycles. The highest BCUT2D eigenvalue weighted by Gasteiger charge is 2.40. The van der Waals surface area contributed by atoms with Crippen molar-refractivity contribution < 1.29 is 24.5 Å². The van der Waals surface area contributed by atoms with E-state index in [1.807, 2.05) is 42.5 Å². The van der Waals surface area contributed by atoms with Crippen molar-refractivity contribution in [1.82, 2.24) is 4.98 Å². The van der Waals surface area contributed by atoms with Crippen LogP contribution in [0.5, 0.6) is 11.5 Å². The number of fused-ring (bicyclic) bond motifs is 2. The molecule has 0 radical (unpaired) electrons. The van der Waals surface area contributed by atoms with Gasteiger partial charge in [0.25, 0.3) is 0 Å². The molecule has 5 rings (SSSR count). The number of ketones is 2. The lowest BCUT2D eigenvalue weighted by molar-refractivity contribution is -0.142. The van der Waals surface area contributed by atoms with Crippen molar-refractivity contribution in [2.24, 2.45) is 23.7 Å². The number of aliphatic hydroxyl groups excluding tert-OH is 1. The lowest BCUT2D eigenvalue weighted by Gasteiger charge is -2.26. The molecule has 0 spiro atoms. The van der Waals surface area contributed by atoms with Crippen molar-refractivity contribution in [3.8, 4) is 23.3 Å². The Morgan fingerprint density at radius 1 is 1.00 bits per heavy atom. The lowest BCUT2D eigenvalue weighted by atomic mass is 9.77. The second kappa shape index (κ2) is 14.8. The van der Waals surface area contributed by atoms with Crippen molar-refractivity contribution in [2.75, 3.05) is 12.8 Å². The molecule has 2 aliphatic rings. The molecule has 1 saturated carbocycles. The van der Waals surface area contributed by atoms with Crippen LogP contribution < -0.4 is 10.5 Å². The number of rotatable bonds is 7. The maximum Gasteiger partial charge on any atom is 0.173 e. The Morgan fingerprint density at radius 2 is 1.80 bits per heavy atom.